The highest BCUT2D eigenvalue weighted by Gasteiger charge is 2.18. The van der Waals surface area contributed by atoms with Crippen LogP contribution in [0.3, 0.4) is 0 Å². The van der Waals surface area contributed by atoms with Crippen molar-refractivity contribution in [2.45, 2.75) is 12.5 Å². The monoisotopic (exact) mass is 351 g/mol. The number of quaternary nitrogens is 1. The highest BCUT2D eigenvalue weighted by atomic mass is 16.2. The lowest BCUT2D eigenvalue weighted by atomic mass is 10.1. The number of amides is 2. The van der Waals surface area contributed by atoms with E-state index in [0.717, 1.165) is 0 Å². The zero-order valence-electron chi connectivity index (χ0n) is 15.0. The Bertz CT molecular complexity index is 780. The Morgan fingerprint density at radius 3 is 2.31 bits per heavy atom. The van der Waals surface area contributed by atoms with Crippen LogP contribution in [0.5, 0.6) is 0 Å². The second-order valence-corrected chi connectivity index (χ2v) is 6.21. The van der Waals surface area contributed by atoms with Gasteiger partial charge in [0, 0.05) is 16.8 Å². The normalized spacial score (nSPS) is 11.5. The highest BCUT2D eigenvalue weighted by Crippen LogP contribution is 2.11. The van der Waals surface area contributed by atoms with Crippen LogP contribution in [0.4, 0.5) is 5.69 Å². The Hall–Kier alpha value is -3.17. The molecule has 0 aliphatic rings. The Balaban J connectivity index is 1.96. The quantitative estimate of drug-likeness (QED) is 0.699. The van der Waals surface area contributed by atoms with E-state index < -0.39 is 0 Å². The van der Waals surface area contributed by atoms with Gasteiger partial charge in [-0.05, 0) is 24.3 Å². The van der Waals surface area contributed by atoms with Gasteiger partial charge in [-0.15, -0.1) is 0 Å². The first-order chi connectivity index (χ1) is 12.5. The molecule has 26 heavy (non-hydrogen) atoms. The van der Waals surface area contributed by atoms with E-state index in [2.05, 4.69) is 36.9 Å². The van der Waals surface area contributed by atoms with E-state index >= 15 is 0 Å². The summed E-state index contributed by atoms with van der Waals surface area (Å²) < 4.78 is 0. The molecule has 0 aliphatic heterocycles. The molecular weight excluding hydrogens is 328 g/mol. The van der Waals surface area contributed by atoms with Gasteiger partial charge < -0.3 is 15.5 Å². The smallest absolute Gasteiger partial charge is 0.251 e. The number of carbonyl (C=O) groups excluding carboxylic acids is 2. The zero-order valence-corrected chi connectivity index (χ0v) is 15.0. The first-order valence-corrected chi connectivity index (χ1v) is 8.41. The molecule has 2 amide bonds. The van der Waals surface area contributed by atoms with E-state index in [9.17, 15) is 9.59 Å². The lowest BCUT2D eigenvalue weighted by Crippen LogP contribution is -3.07. The number of nitrogens with zero attached hydrogens (tertiary/aromatic N) is 1. The molecule has 0 spiro atoms. The van der Waals surface area contributed by atoms with Crippen molar-refractivity contribution < 1.29 is 14.5 Å². The average molecular weight is 351 g/mol. The number of anilines is 1. The number of likely N-dealkylation sites (N-methyl/N-ethyl adjacent to an activating group) is 1. The molecule has 0 saturated carbocycles. The maximum absolute atomic E-state index is 12.4. The standard InChI is InChI=1S/C20H22N4O2/c1-24(2)18(15-6-4-3-5-7-15)14-22-20(26)16-8-10-17(11-9-16)23-19(25)12-13-21/h3-11,18H,12,14H2,1-2H3,(H,22,26)(H,23,25)/p+1/t18-/m0/s1. The van der Waals surface area contributed by atoms with E-state index in [1.807, 2.05) is 18.2 Å². The number of nitriles is 1. The number of nitrogens with one attached hydrogen (secondary N) is 3. The predicted molar refractivity (Wildman–Crippen MR) is 99.6 cm³/mol. The molecule has 1 atom stereocenters. The van der Waals surface area contributed by atoms with Gasteiger partial charge in [-0.3, -0.25) is 9.59 Å². The van der Waals surface area contributed by atoms with Gasteiger partial charge in [0.2, 0.25) is 5.91 Å². The SMILES string of the molecule is C[NH+](C)[C@@H](CNC(=O)c1ccc(NC(=O)CC#N)cc1)c1ccccc1. The van der Waals surface area contributed by atoms with Crippen molar-refractivity contribution in [2.24, 2.45) is 0 Å². The molecule has 2 aromatic rings. The summed E-state index contributed by atoms with van der Waals surface area (Å²) in [6, 6.07) is 18.6. The Kier molecular flexibility index (Phi) is 6.89. The zero-order chi connectivity index (χ0) is 18.9. The topological polar surface area (TPSA) is 86.4 Å². The predicted octanol–water partition coefficient (Wildman–Crippen LogP) is 1.15. The van der Waals surface area contributed by atoms with Crippen molar-refractivity contribution in [3.05, 3.63) is 65.7 Å². The maximum atomic E-state index is 12.4. The van der Waals surface area contributed by atoms with E-state index in [4.69, 9.17) is 5.26 Å². The van der Waals surface area contributed by atoms with Crippen molar-refractivity contribution >= 4 is 17.5 Å². The Morgan fingerprint density at radius 2 is 1.73 bits per heavy atom. The molecular formula is C20H23N4O2+. The van der Waals surface area contributed by atoms with Crippen LogP contribution in [-0.2, 0) is 4.79 Å². The van der Waals surface area contributed by atoms with Gasteiger partial charge in [0.15, 0.2) is 0 Å². The van der Waals surface area contributed by atoms with Crippen molar-refractivity contribution in [3.63, 3.8) is 0 Å². The number of rotatable bonds is 7. The van der Waals surface area contributed by atoms with Crippen LogP contribution >= 0.6 is 0 Å². The minimum atomic E-state index is -0.371. The van der Waals surface area contributed by atoms with Gasteiger partial charge >= 0.3 is 0 Å². The van der Waals surface area contributed by atoms with E-state index in [-0.39, 0.29) is 24.3 Å². The van der Waals surface area contributed by atoms with Crippen LogP contribution < -0.4 is 15.5 Å². The molecule has 0 aliphatic carbocycles. The van der Waals surface area contributed by atoms with Crippen LogP contribution in [-0.4, -0.2) is 32.5 Å². The van der Waals surface area contributed by atoms with Gasteiger partial charge in [0.05, 0.1) is 26.7 Å². The molecule has 0 saturated heterocycles. The minimum Gasteiger partial charge on any atom is -0.346 e. The highest BCUT2D eigenvalue weighted by molar-refractivity contribution is 5.96. The molecule has 134 valence electrons. The molecule has 2 aromatic carbocycles. The first kappa shape index (κ1) is 19.2. The van der Waals surface area contributed by atoms with Crippen LogP contribution in [0.25, 0.3) is 0 Å². The summed E-state index contributed by atoms with van der Waals surface area (Å²) in [5.41, 5.74) is 2.24. The minimum absolute atomic E-state index is 0.157. The van der Waals surface area contributed by atoms with Gasteiger partial charge in [0.25, 0.3) is 5.91 Å². The summed E-state index contributed by atoms with van der Waals surface area (Å²) in [7, 11) is 4.12. The van der Waals surface area contributed by atoms with Gasteiger partial charge in [-0.25, -0.2) is 0 Å². The molecule has 0 unspecified atom stereocenters. The molecule has 6 heteroatoms. The molecule has 0 fully saturated rings. The molecule has 2 rings (SSSR count). The molecule has 6 nitrogen and oxygen atoms in total. The molecule has 0 radical (unpaired) electrons. The summed E-state index contributed by atoms with van der Waals surface area (Å²) in [5.74, 6) is -0.536. The number of carbonyl (C=O) groups is 2. The lowest BCUT2D eigenvalue weighted by Gasteiger charge is -2.22. The third kappa shape index (κ3) is 5.43. The molecule has 0 heterocycles. The summed E-state index contributed by atoms with van der Waals surface area (Å²) in [6.45, 7) is 0.520. The third-order valence-electron chi connectivity index (χ3n) is 4.04. The molecule has 0 aromatic heterocycles. The van der Waals surface area contributed by atoms with Crippen LogP contribution in [0.2, 0.25) is 0 Å². The second kappa shape index (κ2) is 9.35. The lowest BCUT2D eigenvalue weighted by molar-refractivity contribution is -0.890. The fourth-order valence-electron chi connectivity index (χ4n) is 2.62. The summed E-state index contributed by atoms with van der Waals surface area (Å²) >= 11 is 0. The van der Waals surface area contributed by atoms with Gasteiger partial charge in [-0.1, -0.05) is 30.3 Å². The van der Waals surface area contributed by atoms with Crippen molar-refractivity contribution in [3.8, 4) is 6.07 Å². The summed E-state index contributed by atoms with van der Waals surface area (Å²) in [4.78, 5) is 25.0. The summed E-state index contributed by atoms with van der Waals surface area (Å²) in [6.07, 6.45) is -0.198. The van der Waals surface area contributed by atoms with Crippen LogP contribution in [0.15, 0.2) is 54.6 Å². The second-order valence-electron chi connectivity index (χ2n) is 6.21. The van der Waals surface area contributed by atoms with E-state index in [1.165, 1.54) is 10.5 Å². The fourth-order valence-corrected chi connectivity index (χ4v) is 2.62. The van der Waals surface area contributed by atoms with Gasteiger partial charge in [0.1, 0.15) is 12.5 Å². The van der Waals surface area contributed by atoms with Crippen molar-refractivity contribution in [2.75, 3.05) is 26.0 Å². The van der Waals surface area contributed by atoms with Crippen molar-refractivity contribution in [1.29, 1.82) is 5.26 Å². The Morgan fingerprint density at radius 1 is 1.08 bits per heavy atom. The molecule has 0 bridgehead atoms. The fraction of sp³-hybridized carbons (Fsp3) is 0.250. The van der Waals surface area contributed by atoms with Crippen LogP contribution in [0, 0.1) is 11.3 Å². The molecule has 3 N–H and O–H groups in total. The average Bonchev–Trinajstić information content (AvgIpc) is 2.63. The number of hydrogen-bond donors (Lipinski definition) is 3. The van der Waals surface area contributed by atoms with Gasteiger partial charge in [-0.2, -0.15) is 5.26 Å². The van der Waals surface area contributed by atoms with E-state index in [0.29, 0.717) is 17.8 Å². The number of benzene rings is 2. The number of hydrogen-bond acceptors (Lipinski definition) is 3. The summed E-state index contributed by atoms with van der Waals surface area (Å²) in [5, 5.41) is 14.1. The van der Waals surface area contributed by atoms with Crippen molar-refractivity contribution in [1.82, 2.24) is 5.32 Å². The largest absolute Gasteiger partial charge is 0.346 e. The Labute approximate surface area is 153 Å². The maximum Gasteiger partial charge on any atom is 0.251 e. The van der Waals surface area contributed by atoms with Crippen LogP contribution in [0.1, 0.15) is 28.4 Å². The first-order valence-electron chi connectivity index (χ1n) is 8.41. The van der Waals surface area contributed by atoms with E-state index in [1.54, 1.807) is 30.3 Å². The third-order valence-corrected chi connectivity index (χ3v) is 4.04.